The van der Waals surface area contributed by atoms with Crippen LogP contribution in [-0.4, -0.2) is 21.7 Å². The molecule has 4 heteroatoms. The number of nitrogens with zero attached hydrogens (tertiary/aromatic N) is 1. The van der Waals surface area contributed by atoms with Crippen LogP contribution in [0.15, 0.2) is 60.9 Å². The lowest BCUT2D eigenvalue weighted by Gasteiger charge is -2.08. The number of aromatic amines is 1. The summed E-state index contributed by atoms with van der Waals surface area (Å²) < 4.78 is 0. The van der Waals surface area contributed by atoms with Crippen molar-refractivity contribution in [2.24, 2.45) is 0 Å². The zero-order chi connectivity index (χ0) is 14.5. The summed E-state index contributed by atoms with van der Waals surface area (Å²) in [6, 6.07) is 16.2. The first-order valence-corrected chi connectivity index (χ1v) is 6.92. The number of nitrogens with one attached hydrogen (secondary N) is 2. The Labute approximate surface area is 123 Å². The van der Waals surface area contributed by atoms with Crippen LogP contribution in [0.2, 0.25) is 0 Å². The van der Waals surface area contributed by atoms with Crippen molar-refractivity contribution in [1.82, 2.24) is 9.97 Å². The molecule has 0 atom stereocenters. The van der Waals surface area contributed by atoms with E-state index in [0.717, 1.165) is 28.3 Å². The van der Waals surface area contributed by atoms with Gasteiger partial charge in [-0.1, -0.05) is 12.1 Å². The molecule has 2 aromatic carbocycles. The van der Waals surface area contributed by atoms with E-state index in [-0.39, 0.29) is 6.61 Å². The third-order valence-corrected chi connectivity index (χ3v) is 3.30. The van der Waals surface area contributed by atoms with Gasteiger partial charge >= 0.3 is 0 Å². The zero-order valence-corrected chi connectivity index (χ0v) is 11.6. The predicted molar refractivity (Wildman–Crippen MR) is 84.5 cm³/mol. The number of hydrogen-bond donors (Lipinski definition) is 3. The lowest BCUT2D eigenvalue weighted by atomic mass is 10.1. The molecule has 0 aliphatic rings. The van der Waals surface area contributed by atoms with Crippen LogP contribution in [0.25, 0.3) is 11.4 Å². The van der Waals surface area contributed by atoms with Crippen LogP contribution in [0, 0.1) is 0 Å². The Balaban J connectivity index is 1.70. The van der Waals surface area contributed by atoms with Crippen LogP contribution in [-0.2, 0) is 6.42 Å². The van der Waals surface area contributed by atoms with Gasteiger partial charge in [0.1, 0.15) is 5.82 Å². The molecular formula is C17H17N3O. The molecule has 0 saturated carbocycles. The number of H-pyrrole nitrogens is 1. The minimum Gasteiger partial charge on any atom is -0.396 e. The summed E-state index contributed by atoms with van der Waals surface area (Å²) >= 11 is 0. The molecule has 0 radical (unpaired) electrons. The van der Waals surface area contributed by atoms with E-state index < -0.39 is 0 Å². The van der Waals surface area contributed by atoms with Gasteiger partial charge in [-0.3, -0.25) is 0 Å². The van der Waals surface area contributed by atoms with E-state index in [9.17, 15) is 0 Å². The maximum Gasteiger partial charge on any atom is 0.137 e. The van der Waals surface area contributed by atoms with Gasteiger partial charge in [-0.05, 0) is 48.4 Å². The molecule has 0 aliphatic carbocycles. The van der Waals surface area contributed by atoms with Crippen molar-refractivity contribution in [2.45, 2.75) is 6.42 Å². The number of imidazole rings is 1. The molecule has 21 heavy (non-hydrogen) atoms. The minimum atomic E-state index is 0.182. The van der Waals surface area contributed by atoms with Gasteiger partial charge in [-0.25, -0.2) is 4.98 Å². The fourth-order valence-corrected chi connectivity index (χ4v) is 2.19. The fraction of sp³-hybridized carbons (Fsp3) is 0.118. The number of benzene rings is 2. The maximum atomic E-state index is 8.91. The van der Waals surface area contributed by atoms with Crippen molar-refractivity contribution >= 4 is 11.4 Å². The van der Waals surface area contributed by atoms with Crippen molar-refractivity contribution in [3.05, 3.63) is 66.5 Å². The zero-order valence-electron chi connectivity index (χ0n) is 11.6. The Kier molecular flexibility index (Phi) is 3.98. The van der Waals surface area contributed by atoms with Gasteiger partial charge in [0.15, 0.2) is 0 Å². The fourth-order valence-electron chi connectivity index (χ4n) is 2.19. The maximum absolute atomic E-state index is 8.91. The third kappa shape index (κ3) is 3.30. The average molecular weight is 279 g/mol. The highest BCUT2D eigenvalue weighted by Gasteiger charge is 2.00. The summed E-state index contributed by atoms with van der Waals surface area (Å²) in [5.41, 5.74) is 4.25. The molecule has 0 fully saturated rings. The molecule has 3 N–H and O–H groups in total. The number of aliphatic hydroxyl groups excluding tert-OH is 1. The quantitative estimate of drug-likeness (QED) is 0.671. The van der Waals surface area contributed by atoms with Crippen LogP contribution in [0.3, 0.4) is 0 Å². The van der Waals surface area contributed by atoms with Crippen LogP contribution < -0.4 is 5.32 Å². The van der Waals surface area contributed by atoms with Gasteiger partial charge in [-0.15, -0.1) is 0 Å². The molecule has 0 amide bonds. The van der Waals surface area contributed by atoms with E-state index in [4.69, 9.17) is 5.11 Å². The van der Waals surface area contributed by atoms with Crippen molar-refractivity contribution in [3.8, 4) is 11.4 Å². The van der Waals surface area contributed by atoms with Crippen molar-refractivity contribution in [2.75, 3.05) is 11.9 Å². The average Bonchev–Trinajstić information content (AvgIpc) is 3.05. The highest BCUT2D eigenvalue weighted by atomic mass is 16.2. The number of rotatable bonds is 5. The molecule has 0 spiro atoms. The van der Waals surface area contributed by atoms with Gasteiger partial charge in [-0.2, -0.15) is 0 Å². The number of aliphatic hydroxyl groups is 1. The summed E-state index contributed by atoms with van der Waals surface area (Å²) in [6.07, 6.45) is 4.25. The Morgan fingerprint density at radius 1 is 0.952 bits per heavy atom. The van der Waals surface area contributed by atoms with E-state index >= 15 is 0 Å². The topological polar surface area (TPSA) is 60.9 Å². The van der Waals surface area contributed by atoms with Gasteiger partial charge in [0, 0.05) is 35.9 Å². The van der Waals surface area contributed by atoms with E-state index in [1.807, 2.05) is 54.7 Å². The molecule has 0 unspecified atom stereocenters. The molecule has 1 heterocycles. The Bertz CT molecular complexity index is 673. The Hall–Kier alpha value is -2.59. The molecule has 3 aromatic rings. The Morgan fingerprint density at radius 3 is 2.19 bits per heavy atom. The second-order valence-electron chi connectivity index (χ2n) is 4.81. The highest BCUT2D eigenvalue weighted by molar-refractivity contribution is 5.64. The summed E-state index contributed by atoms with van der Waals surface area (Å²) in [6.45, 7) is 0.182. The van der Waals surface area contributed by atoms with E-state index in [1.165, 1.54) is 0 Å². The van der Waals surface area contributed by atoms with E-state index in [0.29, 0.717) is 6.42 Å². The predicted octanol–water partition coefficient (Wildman–Crippen LogP) is 3.36. The van der Waals surface area contributed by atoms with E-state index in [2.05, 4.69) is 15.3 Å². The van der Waals surface area contributed by atoms with Crippen LogP contribution in [0.5, 0.6) is 0 Å². The van der Waals surface area contributed by atoms with Crippen LogP contribution >= 0.6 is 0 Å². The molecule has 0 saturated heterocycles. The number of hydrogen-bond acceptors (Lipinski definition) is 3. The molecule has 0 aliphatic heterocycles. The highest BCUT2D eigenvalue weighted by Crippen LogP contribution is 2.21. The number of aromatic nitrogens is 2. The van der Waals surface area contributed by atoms with Gasteiger partial charge < -0.3 is 15.4 Å². The van der Waals surface area contributed by atoms with Crippen molar-refractivity contribution in [1.29, 1.82) is 0 Å². The normalized spacial score (nSPS) is 10.5. The molecule has 1 aromatic heterocycles. The molecular weight excluding hydrogens is 262 g/mol. The summed E-state index contributed by atoms with van der Waals surface area (Å²) in [5.74, 6) is 0.870. The first kappa shape index (κ1) is 13.4. The molecule has 106 valence electrons. The standard InChI is InChI=1S/C17H17N3O/c21-12-9-13-1-5-15(6-2-13)20-16-7-3-14(4-8-16)17-18-10-11-19-17/h1-8,10-11,20-21H,9,12H2,(H,18,19). The van der Waals surface area contributed by atoms with Crippen LogP contribution in [0.4, 0.5) is 11.4 Å². The van der Waals surface area contributed by atoms with Gasteiger partial charge in [0.25, 0.3) is 0 Å². The van der Waals surface area contributed by atoms with E-state index in [1.54, 1.807) is 6.20 Å². The first-order valence-electron chi connectivity index (χ1n) is 6.92. The van der Waals surface area contributed by atoms with Gasteiger partial charge in [0.2, 0.25) is 0 Å². The molecule has 0 bridgehead atoms. The summed E-state index contributed by atoms with van der Waals surface area (Å²) in [7, 11) is 0. The third-order valence-electron chi connectivity index (χ3n) is 3.30. The Morgan fingerprint density at radius 2 is 1.62 bits per heavy atom. The lowest BCUT2D eigenvalue weighted by molar-refractivity contribution is 0.299. The van der Waals surface area contributed by atoms with Gasteiger partial charge in [0.05, 0.1) is 0 Å². The second-order valence-corrected chi connectivity index (χ2v) is 4.81. The minimum absolute atomic E-state index is 0.182. The second kappa shape index (κ2) is 6.24. The van der Waals surface area contributed by atoms with Crippen molar-refractivity contribution in [3.63, 3.8) is 0 Å². The first-order chi connectivity index (χ1) is 10.3. The van der Waals surface area contributed by atoms with Crippen molar-refractivity contribution < 1.29 is 5.11 Å². The molecule has 4 nitrogen and oxygen atoms in total. The smallest absolute Gasteiger partial charge is 0.137 e. The lowest BCUT2D eigenvalue weighted by Crippen LogP contribution is -1.93. The summed E-state index contributed by atoms with van der Waals surface area (Å²) in [4.78, 5) is 7.32. The monoisotopic (exact) mass is 279 g/mol. The van der Waals surface area contributed by atoms with Crippen LogP contribution in [0.1, 0.15) is 5.56 Å². The number of anilines is 2. The summed E-state index contributed by atoms with van der Waals surface area (Å²) in [5, 5.41) is 12.3. The largest absolute Gasteiger partial charge is 0.396 e. The SMILES string of the molecule is OCCc1ccc(Nc2ccc(-c3ncc[nH]3)cc2)cc1. The molecule has 3 rings (SSSR count).